The van der Waals surface area contributed by atoms with Crippen LogP contribution in [0.25, 0.3) is 22.8 Å². The number of primary amides is 1. The van der Waals surface area contributed by atoms with Crippen molar-refractivity contribution in [2.75, 3.05) is 0 Å². The molecule has 21 heavy (non-hydrogen) atoms. The first-order chi connectivity index (χ1) is 10.1. The maximum atomic E-state index is 11.4. The monoisotopic (exact) mass is 299 g/mol. The van der Waals surface area contributed by atoms with Crippen LogP contribution in [0.1, 0.15) is 10.4 Å². The lowest BCUT2D eigenvalue weighted by molar-refractivity contribution is 0.100. The summed E-state index contributed by atoms with van der Waals surface area (Å²) in [6.45, 7) is 0. The fraction of sp³-hybridized carbons (Fsp3) is 0. The first-order valence-corrected chi connectivity index (χ1v) is 6.52. The van der Waals surface area contributed by atoms with E-state index in [2.05, 4.69) is 10.1 Å². The Hall–Kier alpha value is -2.66. The molecule has 0 aliphatic rings. The van der Waals surface area contributed by atoms with Crippen LogP contribution in [-0.2, 0) is 0 Å². The molecule has 0 saturated carbocycles. The van der Waals surface area contributed by atoms with Gasteiger partial charge in [0.25, 0.3) is 5.89 Å². The van der Waals surface area contributed by atoms with Crippen molar-refractivity contribution >= 4 is 17.5 Å². The second-order valence-corrected chi connectivity index (χ2v) is 4.78. The SMILES string of the molecule is NC(=O)c1ccccc1-c1nc(-c2cccc(Cl)c2)no1. The molecule has 0 radical (unpaired) electrons. The molecule has 6 heteroatoms. The normalized spacial score (nSPS) is 10.5. The van der Waals surface area contributed by atoms with Crippen LogP contribution in [-0.4, -0.2) is 16.0 Å². The van der Waals surface area contributed by atoms with Crippen LogP contribution in [0.5, 0.6) is 0 Å². The third-order valence-corrected chi connectivity index (χ3v) is 3.17. The van der Waals surface area contributed by atoms with Gasteiger partial charge in [-0.2, -0.15) is 4.98 Å². The molecule has 3 aromatic rings. The Balaban J connectivity index is 2.05. The van der Waals surface area contributed by atoms with Crippen molar-refractivity contribution in [3.63, 3.8) is 0 Å². The molecule has 0 spiro atoms. The lowest BCUT2D eigenvalue weighted by atomic mass is 10.1. The van der Waals surface area contributed by atoms with Crippen LogP contribution in [0.4, 0.5) is 0 Å². The van der Waals surface area contributed by atoms with Crippen molar-refractivity contribution in [1.29, 1.82) is 0 Å². The molecule has 1 aromatic heterocycles. The predicted molar refractivity (Wildman–Crippen MR) is 78.7 cm³/mol. The number of hydrogen-bond acceptors (Lipinski definition) is 4. The summed E-state index contributed by atoms with van der Waals surface area (Å²) >= 11 is 5.94. The first kappa shape index (κ1) is 13.3. The minimum absolute atomic E-state index is 0.236. The zero-order valence-corrected chi connectivity index (χ0v) is 11.5. The van der Waals surface area contributed by atoms with Crippen molar-refractivity contribution in [2.45, 2.75) is 0 Å². The van der Waals surface area contributed by atoms with Gasteiger partial charge in [-0.3, -0.25) is 4.79 Å². The molecule has 104 valence electrons. The van der Waals surface area contributed by atoms with E-state index in [0.717, 1.165) is 5.56 Å². The van der Waals surface area contributed by atoms with Crippen molar-refractivity contribution in [3.05, 3.63) is 59.1 Å². The van der Waals surface area contributed by atoms with E-state index in [9.17, 15) is 4.79 Å². The van der Waals surface area contributed by atoms with Gasteiger partial charge in [-0.05, 0) is 24.3 Å². The van der Waals surface area contributed by atoms with Gasteiger partial charge in [0.2, 0.25) is 11.7 Å². The van der Waals surface area contributed by atoms with E-state index in [1.54, 1.807) is 42.5 Å². The summed E-state index contributed by atoms with van der Waals surface area (Å²) in [5.41, 5.74) is 6.91. The van der Waals surface area contributed by atoms with Crippen molar-refractivity contribution in [2.24, 2.45) is 5.73 Å². The van der Waals surface area contributed by atoms with Gasteiger partial charge in [-0.25, -0.2) is 0 Å². The fourth-order valence-corrected chi connectivity index (χ4v) is 2.15. The molecule has 0 saturated heterocycles. The van der Waals surface area contributed by atoms with Crippen molar-refractivity contribution in [3.8, 4) is 22.8 Å². The maximum Gasteiger partial charge on any atom is 0.259 e. The number of aromatic nitrogens is 2. The molecule has 0 bridgehead atoms. The number of rotatable bonds is 3. The topological polar surface area (TPSA) is 82.0 Å². The smallest absolute Gasteiger partial charge is 0.259 e. The molecular formula is C15H10ClN3O2. The van der Waals surface area contributed by atoms with E-state index in [-0.39, 0.29) is 5.89 Å². The summed E-state index contributed by atoms with van der Waals surface area (Å²) in [5, 5.41) is 4.49. The number of amides is 1. The van der Waals surface area contributed by atoms with Gasteiger partial charge >= 0.3 is 0 Å². The highest BCUT2D eigenvalue weighted by atomic mass is 35.5. The largest absolute Gasteiger partial charge is 0.366 e. The molecule has 0 aliphatic carbocycles. The standard InChI is InChI=1S/C15H10ClN3O2/c16-10-5-3-4-9(8-10)14-18-15(21-19-14)12-7-2-1-6-11(12)13(17)20/h1-8H,(H2,17,20). The Kier molecular flexibility index (Phi) is 3.41. The van der Waals surface area contributed by atoms with Gasteiger partial charge in [-0.15, -0.1) is 0 Å². The molecule has 2 N–H and O–H groups in total. The van der Waals surface area contributed by atoms with Crippen LogP contribution in [0, 0.1) is 0 Å². The molecule has 2 aromatic carbocycles. The lowest BCUT2D eigenvalue weighted by Gasteiger charge is -2.00. The average Bonchev–Trinajstić information content (AvgIpc) is 2.97. The highest BCUT2D eigenvalue weighted by Gasteiger charge is 2.16. The molecule has 0 atom stereocenters. The van der Waals surface area contributed by atoms with E-state index in [0.29, 0.717) is 22.0 Å². The summed E-state index contributed by atoms with van der Waals surface area (Å²) in [6, 6.07) is 13.9. The van der Waals surface area contributed by atoms with Crippen LogP contribution < -0.4 is 5.73 Å². The summed E-state index contributed by atoms with van der Waals surface area (Å²) in [4.78, 5) is 15.7. The van der Waals surface area contributed by atoms with E-state index in [1.165, 1.54) is 0 Å². The first-order valence-electron chi connectivity index (χ1n) is 6.14. The van der Waals surface area contributed by atoms with Crippen molar-refractivity contribution < 1.29 is 9.32 Å². The minimum Gasteiger partial charge on any atom is -0.366 e. The number of halogens is 1. The highest BCUT2D eigenvalue weighted by Crippen LogP contribution is 2.26. The highest BCUT2D eigenvalue weighted by molar-refractivity contribution is 6.30. The van der Waals surface area contributed by atoms with Gasteiger partial charge in [0.1, 0.15) is 0 Å². The zero-order chi connectivity index (χ0) is 14.8. The molecular weight excluding hydrogens is 290 g/mol. The van der Waals surface area contributed by atoms with Crippen LogP contribution >= 0.6 is 11.6 Å². The Morgan fingerprint density at radius 3 is 2.71 bits per heavy atom. The lowest BCUT2D eigenvalue weighted by Crippen LogP contribution is -2.12. The van der Waals surface area contributed by atoms with E-state index in [4.69, 9.17) is 21.9 Å². The van der Waals surface area contributed by atoms with Crippen LogP contribution in [0.3, 0.4) is 0 Å². The predicted octanol–water partition coefficient (Wildman–Crippen LogP) is 3.16. The summed E-state index contributed by atoms with van der Waals surface area (Å²) in [7, 11) is 0. The third kappa shape index (κ3) is 2.64. The molecule has 0 unspecified atom stereocenters. The Morgan fingerprint density at radius 2 is 1.95 bits per heavy atom. The van der Waals surface area contributed by atoms with Gasteiger partial charge in [0, 0.05) is 10.6 Å². The zero-order valence-electron chi connectivity index (χ0n) is 10.8. The Bertz CT molecular complexity index is 814. The Morgan fingerprint density at radius 1 is 1.14 bits per heavy atom. The number of benzene rings is 2. The van der Waals surface area contributed by atoms with E-state index in [1.807, 2.05) is 6.07 Å². The maximum absolute atomic E-state index is 11.4. The van der Waals surface area contributed by atoms with Crippen LogP contribution in [0.15, 0.2) is 53.1 Å². The second kappa shape index (κ2) is 5.38. The van der Waals surface area contributed by atoms with Gasteiger partial charge in [-0.1, -0.05) is 41.0 Å². The molecule has 0 fully saturated rings. The fourth-order valence-electron chi connectivity index (χ4n) is 1.96. The molecule has 1 amide bonds. The number of nitrogens with two attached hydrogens (primary N) is 1. The summed E-state index contributed by atoms with van der Waals surface area (Å²) in [6.07, 6.45) is 0. The van der Waals surface area contributed by atoms with Gasteiger partial charge < -0.3 is 10.3 Å². The minimum atomic E-state index is -0.548. The quantitative estimate of drug-likeness (QED) is 0.805. The number of nitrogens with zero attached hydrogens (tertiary/aromatic N) is 2. The van der Waals surface area contributed by atoms with Gasteiger partial charge in [0.05, 0.1) is 11.1 Å². The average molecular weight is 300 g/mol. The Labute approximate surface area is 125 Å². The summed E-state index contributed by atoms with van der Waals surface area (Å²) in [5.74, 6) is 0.0826. The number of hydrogen-bond donors (Lipinski definition) is 1. The third-order valence-electron chi connectivity index (χ3n) is 2.93. The van der Waals surface area contributed by atoms with Gasteiger partial charge in [0.15, 0.2) is 0 Å². The summed E-state index contributed by atoms with van der Waals surface area (Å²) < 4.78 is 5.22. The molecule has 0 aliphatic heterocycles. The molecule has 5 nitrogen and oxygen atoms in total. The second-order valence-electron chi connectivity index (χ2n) is 4.34. The van der Waals surface area contributed by atoms with Crippen LogP contribution in [0.2, 0.25) is 5.02 Å². The van der Waals surface area contributed by atoms with Crippen molar-refractivity contribution in [1.82, 2.24) is 10.1 Å². The molecule has 3 rings (SSSR count). The molecule has 1 heterocycles. The van der Waals surface area contributed by atoms with E-state index < -0.39 is 5.91 Å². The number of carbonyl (C=O) groups excluding carboxylic acids is 1. The van der Waals surface area contributed by atoms with E-state index >= 15 is 0 Å². The number of carbonyl (C=O) groups is 1.